The molecule has 2 N–H and O–H groups in total. The van der Waals surface area contributed by atoms with E-state index < -0.39 is 17.4 Å². The lowest BCUT2D eigenvalue weighted by atomic mass is 10.2. The van der Waals surface area contributed by atoms with Crippen molar-refractivity contribution in [3.8, 4) is 5.75 Å². The van der Waals surface area contributed by atoms with Crippen LogP contribution in [-0.4, -0.2) is 5.11 Å². The van der Waals surface area contributed by atoms with Gasteiger partial charge >= 0.3 is 0 Å². The molecule has 0 aromatic heterocycles. The molecule has 0 saturated carbocycles. The molecule has 0 aliphatic carbocycles. The Morgan fingerprint density at radius 2 is 1.62 bits per heavy atom. The van der Waals surface area contributed by atoms with Gasteiger partial charge in [0.1, 0.15) is 0 Å². The van der Waals surface area contributed by atoms with Crippen LogP contribution in [-0.2, 0) is 6.54 Å². The topological polar surface area (TPSA) is 32.3 Å². The number of nitrogens with one attached hydrogen (secondary N) is 1. The summed E-state index contributed by atoms with van der Waals surface area (Å²) in [6, 6.07) is 15.1. The van der Waals surface area contributed by atoms with E-state index in [-0.39, 0.29) is 5.69 Å². The van der Waals surface area contributed by atoms with Crippen LogP contribution in [0.2, 0.25) is 10.0 Å². The van der Waals surface area contributed by atoms with Gasteiger partial charge in [-0.25, -0.2) is 8.78 Å². The highest BCUT2D eigenvalue weighted by molar-refractivity contribution is 7.99. The van der Waals surface area contributed by atoms with Gasteiger partial charge in [-0.3, -0.25) is 0 Å². The summed E-state index contributed by atoms with van der Waals surface area (Å²) in [5.41, 5.74) is 1.18. The predicted octanol–water partition coefficient (Wildman–Crippen LogP) is 6.74. The normalized spacial score (nSPS) is 10.8. The molecule has 0 atom stereocenters. The van der Waals surface area contributed by atoms with E-state index in [0.29, 0.717) is 16.6 Å². The molecule has 2 nitrogen and oxygen atoms in total. The van der Waals surface area contributed by atoms with E-state index in [0.717, 1.165) is 27.5 Å². The van der Waals surface area contributed by atoms with Crippen LogP contribution in [0.4, 0.5) is 14.5 Å². The minimum atomic E-state index is -1.01. The second-order valence-electron chi connectivity index (χ2n) is 5.43. The first-order chi connectivity index (χ1) is 12.4. The Bertz CT molecular complexity index is 930. The largest absolute Gasteiger partial charge is 0.503 e. The van der Waals surface area contributed by atoms with Crippen LogP contribution in [0, 0.1) is 11.6 Å². The standard InChI is InChI=1S/C19H13Cl2F2NOS/c20-14-6-5-13(9-15(14)21)26-18-4-2-1-3-11(18)10-24-12-7-16(22)19(25)17(23)8-12/h1-9,24-25H,10H2. The first-order valence-electron chi connectivity index (χ1n) is 7.56. The minimum absolute atomic E-state index is 0.243. The Morgan fingerprint density at radius 3 is 2.31 bits per heavy atom. The Hall–Kier alpha value is -1.95. The van der Waals surface area contributed by atoms with Crippen molar-refractivity contribution in [1.29, 1.82) is 0 Å². The van der Waals surface area contributed by atoms with Crippen LogP contribution in [0.5, 0.6) is 5.75 Å². The molecule has 0 radical (unpaired) electrons. The van der Waals surface area contributed by atoms with Crippen LogP contribution in [0.25, 0.3) is 0 Å². The first kappa shape index (κ1) is 18.8. The van der Waals surface area contributed by atoms with Crippen molar-refractivity contribution >= 4 is 40.7 Å². The minimum Gasteiger partial charge on any atom is -0.503 e. The van der Waals surface area contributed by atoms with Gasteiger partial charge in [-0.05, 0) is 29.8 Å². The fraction of sp³-hybridized carbons (Fsp3) is 0.0526. The quantitative estimate of drug-likeness (QED) is 0.455. The summed E-state index contributed by atoms with van der Waals surface area (Å²) in [4.78, 5) is 1.90. The highest BCUT2D eigenvalue weighted by Crippen LogP contribution is 2.34. The molecular formula is C19H13Cl2F2NOS. The number of aromatic hydroxyl groups is 1. The van der Waals surface area contributed by atoms with Gasteiger partial charge in [-0.2, -0.15) is 0 Å². The molecule has 0 unspecified atom stereocenters. The average Bonchev–Trinajstić information content (AvgIpc) is 2.62. The van der Waals surface area contributed by atoms with Gasteiger partial charge < -0.3 is 10.4 Å². The summed E-state index contributed by atoms with van der Waals surface area (Å²) < 4.78 is 26.9. The molecule has 0 heterocycles. The lowest BCUT2D eigenvalue weighted by Crippen LogP contribution is -2.02. The summed E-state index contributed by atoms with van der Waals surface area (Å²) in [6.45, 7) is 0.355. The number of benzene rings is 3. The van der Waals surface area contributed by atoms with Crippen molar-refractivity contribution < 1.29 is 13.9 Å². The Labute approximate surface area is 163 Å². The second-order valence-corrected chi connectivity index (χ2v) is 7.36. The highest BCUT2D eigenvalue weighted by Gasteiger charge is 2.10. The highest BCUT2D eigenvalue weighted by atomic mass is 35.5. The third-order valence-electron chi connectivity index (χ3n) is 3.59. The second kappa shape index (κ2) is 8.16. The van der Waals surface area contributed by atoms with Crippen LogP contribution in [0.1, 0.15) is 5.56 Å². The lowest BCUT2D eigenvalue weighted by molar-refractivity contribution is 0.396. The molecule has 3 aromatic carbocycles. The third-order valence-corrected chi connectivity index (χ3v) is 5.44. The van der Waals surface area contributed by atoms with E-state index >= 15 is 0 Å². The lowest BCUT2D eigenvalue weighted by Gasteiger charge is -2.12. The molecule has 3 rings (SSSR count). The Kier molecular flexibility index (Phi) is 5.91. The van der Waals surface area contributed by atoms with Crippen LogP contribution in [0.15, 0.2) is 64.4 Å². The molecule has 0 amide bonds. The Balaban J connectivity index is 1.78. The summed E-state index contributed by atoms with van der Waals surface area (Å²) in [5, 5.41) is 13.1. The smallest absolute Gasteiger partial charge is 0.187 e. The molecule has 0 fully saturated rings. The van der Waals surface area contributed by atoms with E-state index in [9.17, 15) is 8.78 Å². The van der Waals surface area contributed by atoms with Crippen molar-refractivity contribution in [1.82, 2.24) is 0 Å². The number of hydrogen-bond donors (Lipinski definition) is 2. The van der Waals surface area contributed by atoms with Gasteiger partial charge in [-0.1, -0.05) is 53.2 Å². The zero-order chi connectivity index (χ0) is 18.7. The number of phenols is 1. The van der Waals surface area contributed by atoms with E-state index in [1.807, 2.05) is 30.3 Å². The summed E-state index contributed by atoms with van der Waals surface area (Å²) in [5.74, 6) is -3.00. The van der Waals surface area contributed by atoms with Gasteiger partial charge in [-0.15, -0.1) is 0 Å². The number of anilines is 1. The number of hydrogen-bond acceptors (Lipinski definition) is 3. The summed E-state index contributed by atoms with van der Waals surface area (Å²) in [6.07, 6.45) is 0. The van der Waals surface area contributed by atoms with Crippen LogP contribution in [0.3, 0.4) is 0 Å². The van der Waals surface area contributed by atoms with Crippen molar-refractivity contribution in [2.24, 2.45) is 0 Å². The maximum Gasteiger partial charge on any atom is 0.187 e. The maximum atomic E-state index is 13.4. The van der Waals surface area contributed by atoms with Crippen molar-refractivity contribution in [2.45, 2.75) is 16.3 Å². The fourth-order valence-electron chi connectivity index (χ4n) is 2.28. The average molecular weight is 412 g/mol. The molecular weight excluding hydrogens is 399 g/mol. The maximum absolute atomic E-state index is 13.4. The number of halogens is 4. The monoisotopic (exact) mass is 411 g/mol. The summed E-state index contributed by atoms with van der Waals surface area (Å²) >= 11 is 13.5. The molecule has 26 heavy (non-hydrogen) atoms. The molecule has 0 aliphatic rings. The van der Waals surface area contributed by atoms with Gasteiger partial charge in [0.15, 0.2) is 17.4 Å². The van der Waals surface area contributed by atoms with Gasteiger partial charge in [0.25, 0.3) is 0 Å². The van der Waals surface area contributed by atoms with Crippen molar-refractivity contribution in [2.75, 3.05) is 5.32 Å². The van der Waals surface area contributed by atoms with Crippen molar-refractivity contribution in [3.63, 3.8) is 0 Å². The first-order valence-corrected chi connectivity index (χ1v) is 9.14. The zero-order valence-electron chi connectivity index (χ0n) is 13.3. The molecule has 134 valence electrons. The summed E-state index contributed by atoms with van der Waals surface area (Å²) in [7, 11) is 0. The molecule has 3 aromatic rings. The fourth-order valence-corrected chi connectivity index (χ4v) is 3.63. The Morgan fingerprint density at radius 1 is 0.923 bits per heavy atom. The van der Waals surface area contributed by atoms with Crippen molar-refractivity contribution in [3.05, 3.63) is 81.8 Å². The molecule has 0 bridgehead atoms. The SMILES string of the molecule is Oc1c(F)cc(NCc2ccccc2Sc2ccc(Cl)c(Cl)c2)cc1F. The predicted molar refractivity (Wildman–Crippen MR) is 102 cm³/mol. The molecule has 0 saturated heterocycles. The van der Waals surface area contributed by atoms with E-state index in [1.54, 1.807) is 12.1 Å². The molecule has 0 spiro atoms. The van der Waals surface area contributed by atoms with Crippen LogP contribution >= 0.6 is 35.0 Å². The third kappa shape index (κ3) is 4.41. The molecule has 0 aliphatic heterocycles. The van der Waals surface area contributed by atoms with Gasteiger partial charge in [0.2, 0.25) is 0 Å². The number of rotatable bonds is 5. The van der Waals surface area contributed by atoms with Crippen LogP contribution < -0.4 is 5.32 Å². The van der Waals surface area contributed by atoms with Gasteiger partial charge in [0, 0.05) is 34.2 Å². The zero-order valence-corrected chi connectivity index (χ0v) is 15.6. The van der Waals surface area contributed by atoms with E-state index in [2.05, 4.69) is 5.32 Å². The van der Waals surface area contributed by atoms with E-state index in [4.69, 9.17) is 28.3 Å². The molecule has 7 heteroatoms. The van der Waals surface area contributed by atoms with Gasteiger partial charge in [0.05, 0.1) is 10.0 Å². The van der Waals surface area contributed by atoms with E-state index in [1.165, 1.54) is 11.8 Å². The number of phenolic OH excluding ortho intramolecular Hbond substituents is 1.